The number of Topliss-reactive ketones (excluding diaryl/α,β-unsaturated/α-hetero) is 1. The molecule has 5 nitrogen and oxygen atoms in total. The monoisotopic (exact) mass is 245 g/mol. The molecular weight excluding hydrogens is 242 g/mol. The van der Waals surface area contributed by atoms with Gasteiger partial charge in [0, 0.05) is 6.08 Å². The highest BCUT2D eigenvalue weighted by atomic mass is 79.9. The van der Waals surface area contributed by atoms with E-state index in [1.807, 2.05) is 0 Å². The van der Waals surface area contributed by atoms with Crippen LogP contribution in [-0.4, -0.2) is 16.5 Å². The standard InChI is InChI=1S/C7H4BrNO4/c1-3-5(10)2-4(8)7(11)6(3)9(12)13/h2H,1H3. The molecule has 0 atom stereocenters. The second-order valence-electron chi connectivity index (χ2n) is 2.42. The maximum absolute atomic E-state index is 11.2. The number of allylic oxidation sites excluding steroid dienone is 3. The Bertz CT molecular complexity index is 380. The van der Waals surface area contributed by atoms with Gasteiger partial charge >= 0.3 is 5.70 Å². The van der Waals surface area contributed by atoms with Crippen molar-refractivity contribution >= 4 is 27.5 Å². The largest absolute Gasteiger partial charge is 0.324 e. The van der Waals surface area contributed by atoms with Crippen molar-refractivity contribution in [2.45, 2.75) is 6.92 Å². The van der Waals surface area contributed by atoms with E-state index in [0.29, 0.717) is 0 Å². The number of carbonyl (C=O) groups is 2. The predicted octanol–water partition coefficient (Wildman–Crippen LogP) is 0.968. The van der Waals surface area contributed by atoms with Crippen LogP contribution >= 0.6 is 15.9 Å². The highest BCUT2D eigenvalue weighted by Crippen LogP contribution is 2.22. The highest BCUT2D eigenvalue weighted by molar-refractivity contribution is 9.12. The summed E-state index contributed by atoms with van der Waals surface area (Å²) < 4.78 is -0.0743. The van der Waals surface area contributed by atoms with Crippen molar-refractivity contribution in [3.63, 3.8) is 0 Å². The summed E-state index contributed by atoms with van der Waals surface area (Å²) in [6.07, 6.45) is 1.03. The molecule has 13 heavy (non-hydrogen) atoms. The number of hydrogen-bond acceptors (Lipinski definition) is 4. The molecule has 0 aromatic rings. The van der Waals surface area contributed by atoms with Gasteiger partial charge < -0.3 is 0 Å². The molecule has 0 unspecified atom stereocenters. The van der Waals surface area contributed by atoms with Crippen molar-refractivity contribution in [1.82, 2.24) is 0 Å². The van der Waals surface area contributed by atoms with Crippen molar-refractivity contribution in [1.29, 1.82) is 0 Å². The number of rotatable bonds is 1. The summed E-state index contributed by atoms with van der Waals surface area (Å²) >= 11 is 2.78. The highest BCUT2D eigenvalue weighted by Gasteiger charge is 2.33. The van der Waals surface area contributed by atoms with Gasteiger partial charge in [-0.3, -0.25) is 19.7 Å². The molecule has 1 aliphatic rings. The SMILES string of the molecule is CC1=C([N+](=O)[O-])C(=O)C(Br)=CC1=O. The van der Waals surface area contributed by atoms with E-state index in [0.717, 1.165) is 6.08 Å². The fourth-order valence-electron chi connectivity index (χ4n) is 0.909. The minimum absolute atomic E-state index is 0.0743. The zero-order valence-corrected chi connectivity index (χ0v) is 8.12. The molecule has 0 amide bonds. The molecule has 0 radical (unpaired) electrons. The van der Waals surface area contributed by atoms with Crippen molar-refractivity contribution in [3.8, 4) is 0 Å². The second kappa shape index (κ2) is 3.21. The van der Waals surface area contributed by atoms with Crippen LogP contribution in [0, 0.1) is 10.1 Å². The fraction of sp³-hybridized carbons (Fsp3) is 0.143. The van der Waals surface area contributed by atoms with Crippen molar-refractivity contribution < 1.29 is 14.5 Å². The Morgan fingerprint density at radius 1 is 1.46 bits per heavy atom. The molecule has 6 heteroatoms. The van der Waals surface area contributed by atoms with Crippen LogP contribution in [0.2, 0.25) is 0 Å². The molecule has 68 valence electrons. The van der Waals surface area contributed by atoms with Crippen molar-refractivity contribution in [2.24, 2.45) is 0 Å². The lowest BCUT2D eigenvalue weighted by Gasteiger charge is -2.05. The lowest BCUT2D eigenvalue weighted by atomic mass is 10.0. The number of carbonyl (C=O) groups excluding carboxylic acids is 2. The Balaban J connectivity index is 3.31. The first-order valence-corrected chi connectivity index (χ1v) is 4.06. The molecule has 1 aliphatic carbocycles. The number of halogens is 1. The zero-order chi connectivity index (χ0) is 10.2. The van der Waals surface area contributed by atoms with Crippen LogP contribution in [0.15, 0.2) is 21.8 Å². The average Bonchev–Trinajstić information content (AvgIpc) is 2.01. The van der Waals surface area contributed by atoms with Crippen molar-refractivity contribution in [3.05, 3.63) is 31.9 Å². The number of nitro groups is 1. The van der Waals surface area contributed by atoms with Crippen LogP contribution in [0.3, 0.4) is 0 Å². The van der Waals surface area contributed by atoms with Crippen LogP contribution in [0.1, 0.15) is 6.92 Å². The van der Waals surface area contributed by atoms with E-state index in [-0.39, 0.29) is 10.1 Å². The number of ketones is 2. The number of nitrogens with zero attached hydrogens (tertiary/aromatic N) is 1. The van der Waals surface area contributed by atoms with E-state index in [1.165, 1.54) is 6.92 Å². The zero-order valence-electron chi connectivity index (χ0n) is 6.54. The van der Waals surface area contributed by atoms with E-state index in [1.54, 1.807) is 0 Å². The van der Waals surface area contributed by atoms with Gasteiger partial charge in [0.15, 0.2) is 5.78 Å². The summed E-state index contributed by atoms with van der Waals surface area (Å²) in [6, 6.07) is 0. The molecule has 0 saturated heterocycles. The summed E-state index contributed by atoms with van der Waals surface area (Å²) in [5.41, 5.74) is -0.780. The minimum Gasteiger partial charge on any atom is -0.289 e. The van der Waals surface area contributed by atoms with E-state index in [9.17, 15) is 19.7 Å². The van der Waals surface area contributed by atoms with Gasteiger partial charge in [-0.2, -0.15) is 0 Å². The first-order chi connectivity index (χ1) is 5.95. The number of hydrogen-bond donors (Lipinski definition) is 0. The Hall–Kier alpha value is -1.30. The van der Waals surface area contributed by atoms with Gasteiger partial charge in [-0.15, -0.1) is 0 Å². The molecule has 0 heterocycles. The van der Waals surface area contributed by atoms with E-state index >= 15 is 0 Å². The quantitative estimate of drug-likeness (QED) is 0.392. The van der Waals surface area contributed by atoms with Gasteiger partial charge in [0.2, 0.25) is 0 Å². The van der Waals surface area contributed by atoms with Crippen LogP contribution < -0.4 is 0 Å². The third-order valence-electron chi connectivity index (χ3n) is 1.60. The lowest BCUT2D eigenvalue weighted by molar-refractivity contribution is -0.419. The molecule has 0 bridgehead atoms. The normalized spacial score (nSPS) is 17.5. The molecule has 0 saturated carbocycles. The lowest BCUT2D eigenvalue weighted by Crippen LogP contribution is -2.20. The van der Waals surface area contributed by atoms with Crippen LogP contribution in [0.25, 0.3) is 0 Å². The molecule has 0 N–H and O–H groups in total. The summed E-state index contributed by atoms with van der Waals surface area (Å²) in [4.78, 5) is 31.7. The Morgan fingerprint density at radius 2 is 2.00 bits per heavy atom. The van der Waals surface area contributed by atoms with Gasteiger partial charge in [0.1, 0.15) is 0 Å². The third kappa shape index (κ3) is 1.57. The molecule has 0 aromatic heterocycles. The first-order valence-electron chi connectivity index (χ1n) is 3.26. The summed E-state index contributed by atoms with van der Waals surface area (Å²) in [6.45, 7) is 1.26. The van der Waals surface area contributed by atoms with Gasteiger partial charge in [0.05, 0.1) is 15.0 Å². The summed E-state index contributed by atoms with van der Waals surface area (Å²) in [5, 5.41) is 10.4. The fourth-order valence-corrected chi connectivity index (χ4v) is 1.30. The Labute approximate surface area is 81.4 Å². The second-order valence-corrected chi connectivity index (χ2v) is 3.27. The first kappa shape index (κ1) is 9.79. The molecule has 0 aliphatic heterocycles. The van der Waals surface area contributed by atoms with Gasteiger partial charge in [0.25, 0.3) is 5.78 Å². The van der Waals surface area contributed by atoms with Gasteiger partial charge in [-0.1, -0.05) is 0 Å². The average molecular weight is 246 g/mol. The van der Waals surface area contributed by atoms with Crippen LogP contribution in [-0.2, 0) is 9.59 Å². The van der Waals surface area contributed by atoms with Crippen molar-refractivity contribution in [2.75, 3.05) is 0 Å². The Kier molecular flexibility index (Phi) is 2.42. The maximum atomic E-state index is 11.2. The molecule has 1 rings (SSSR count). The molecule has 0 fully saturated rings. The smallest absolute Gasteiger partial charge is 0.289 e. The van der Waals surface area contributed by atoms with Gasteiger partial charge in [-0.05, 0) is 22.9 Å². The molecule has 0 spiro atoms. The van der Waals surface area contributed by atoms with E-state index in [2.05, 4.69) is 15.9 Å². The van der Waals surface area contributed by atoms with Gasteiger partial charge in [-0.25, -0.2) is 0 Å². The van der Waals surface area contributed by atoms with Crippen LogP contribution in [0.4, 0.5) is 0 Å². The Morgan fingerprint density at radius 3 is 2.46 bits per heavy atom. The summed E-state index contributed by atoms with van der Waals surface area (Å²) in [5.74, 6) is -1.28. The molecule has 0 aromatic carbocycles. The van der Waals surface area contributed by atoms with E-state index < -0.39 is 22.2 Å². The summed E-state index contributed by atoms with van der Waals surface area (Å²) in [7, 11) is 0. The maximum Gasteiger partial charge on any atom is 0.324 e. The third-order valence-corrected chi connectivity index (χ3v) is 2.19. The van der Waals surface area contributed by atoms with Crippen LogP contribution in [0.5, 0.6) is 0 Å². The predicted molar refractivity (Wildman–Crippen MR) is 46.7 cm³/mol. The van der Waals surface area contributed by atoms with E-state index in [4.69, 9.17) is 0 Å². The molecular formula is C7H4BrNO4. The minimum atomic E-state index is -0.843. The topological polar surface area (TPSA) is 77.3 Å².